The predicted octanol–water partition coefficient (Wildman–Crippen LogP) is 3.15. The van der Waals surface area contributed by atoms with Crippen LogP contribution in [0.15, 0.2) is 36.4 Å². The van der Waals surface area contributed by atoms with Gasteiger partial charge in [-0.05, 0) is 17.7 Å². The summed E-state index contributed by atoms with van der Waals surface area (Å²) in [5.41, 5.74) is -2.19. The van der Waals surface area contributed by atoms with Crippen LogP contribution in [0.3, 0.4) is 0 Å². The first-order chi connectivity index (χ1) is 10.4. The SMILES string of the molecule is N#C[C@]1(NC(=O)/C=C(/c2ccccc2)C(F)(F)F)CCSC1. The molecule has 1 aromatic rings. The van der Waals surface area contributed by atoms with Crippen molar-refractivity contribution < 1.29 is 18.0 Å². The summed E-state index contributed by atoms with van der Waals surface area (Å²) in [6.07, 6.45) is -3.69. The Labute approximate surface area is 130 Å². The molecule has 1 aromatic carbocycles. The largest absolute Gasteiger partial charge is 0.417 e. The minimum absolute atomic E-state index is 0.0862. The molecular weight excluding hydrogens is 313 g/mol. The molecular formula is C15H13F3N2OS. The van der Waals surface area contributed by atoms with Gasteiger partial charge in [0.15, 0.2) is 0 Å². The molecule has 0 unspecified atom stereocenters. The Morgan fingerprint density at radius 2 is 2.05 bits per heavy atom. The monoisotopic (exact) mass is 326 g/mol. The Morgan fingerprint density at radius 1 is 1.36 bits per heavy atom. The van der Waals surface area contributed by atoms with Crippen molar-refractivity contribution in [3.05, 3.63) is 42.0 Å². The minimum Gasteiger partial charge on any atom is -0.333 e. The Hall–Kier alpha value is -1.94. The number of nitriles is 1. The summed E-state index contributed by atoms with van der Waals surface area (Å²) in [4.78, 5) is 11.9. The molecule has 1 fully saturated rings. The number of carbonyl (C=O) groups is 1. The highest BCUT2D eigenvalue weighted by molar-refractivity contribution is 7.99. The van der Waals surface area contributed by atoms with Crippen LogP contribution < -0.4 is 5.32 Å². The molecule has 0 bridgehead atoms. The number of nitrogens with one attached hydrogen (secondary N) is 1. The zero-order valence-electron chi connectivity index (χ0n) is 11.5. The maximum Gasteiger partial charge on any atom is 0.417 e. The van der Waals surface area contributed by atoms with Gasteiger partial charge < -0.3 is 5.32 Å². The maximum atomic E-state index is 13.1. The quantitative estimate of drug-likeness (QED) is 0.868. The fourth-order valence-corrected chi connectivity index (χ4v) is 3.40. The zero-order chi connectivity index (χ0) is 16.2. The Kier molecular flexibility index (Phi) is 4.81. The molecule has 0 radical (unpaired) electrons. The number of halogens is 3. The van der Waals surface area contributed by atoms with Gasteiger partial charge in [-0.3, -0.25) is 4.79 Å². The minimum atomic E-state index is -4.65. The van der Waals surface area contributed by atoms with Crippen LogP contribution in [0.4, 0.5) is 13.2 Å². The molecule has 0 aromatic heterocycles. The Balaban J connectivity index is 2.27. The number of benzene rings is 1. The molecule has 22 heavy (non-hydrogen) atoms. The summed E-state index contributed by atoms with van der Waals surface area (Å²) >= 11 is 1.49. The van der Waals surface area contributed by atoms with Crippen LogP contribution in [0.25, 0.3) is 5.57 Å². The lowest BCUT2D eigenvalue weighted by Gasteiger charge is -2.20. The molecule has 1 atom stereocenters. The van der Waals surface area contributed by atoms with Crippen molar-refractivity contribution in [3.63, 3.8) is 0 Å². The van der Waals surface area contributed by atoms with Gasteiger partial charge in [0.05, 0.1) is 11.6 Å². The second-order valence-electron chi connectivity index (χ2n) is 4.91. The fourth-order valence-electron chi connectivity index (χ4n) is 2.13. The highest BCUT2D eigenvalue weighted by atomic mass is 32.2. The van der Waals surface area contributed by atoms with E-state index in [1.807, 2.05) is 6.07 Å². The molecule has 2 rings (SSSR count). The van der Waals surface area contributed by atoms with Crippen molar-refractivity contribution in [3.8, 4) is 6.07 Å². The lowest BCUT2D eigenvalue weighted by molar-refractivity contribution is -0.118. The van der Waals surface area contributed by atoms with Crippen molar-refractivity contribution in [2.45, 2.75) is 18.1 Å². The normalized spacial score (nSPS) is 22.2. The molecule has 1 aliphatic rings. The maximum absolute atomic E-state index is 13.1. The summed E-state index contributed by atoms with van der Waals surface area (Å²) in [5.74, 6) is 0.179. The van der Waals surface area contributed by atoms with Gasteiger partial charge in [0.25, 0.3) is 0 Å². The van der Waals surface area contributed by atoms with Gasteiger partial charge in [-0.25, -0.2) is 0 Å². The second-order valence-corrected chi connectivity index (χ2v) is 6.01. The Bertz CT molecular complexity index is 614. The van der Waals surface area contributed by atoms with E-state index in [1.54, 1.807) is 6.07 Å². The first-order valence-corrected chi connectivity index (χ1v) is 7.67. The van der Waals surface area contributed by atoms with Gasteiger partial charge in [-0.1, -0.05) is 30.3 Å². The topological polar surface area (TPSA) is 52.9 Å². The highest BCUT2D eigenvalue weighted by Crippen LogP contribution is 2.34. The number of nitrogens with zero attached hydrogens (tertiary/aromatic N) is 1. The summed E-state index contributed by atoms with van der Waals surface area (Å²) in [5, 5.41) is 11.6. The van der Waals surface area contributed by atoms with E-state index in [0.29, 0.717) is 24.0 Å². The molecule has 7 heteroatoms. The lowest BCUT2D eigenvalue weighted by atomic mass is 10.0. The van der Waals surface area contributed by atoms with Crippen LogP contribution in [0.5, 0.6) is 0 Å². The van der Waals surface area contributed by atoms with E-state index in [2.05, 4.69) is 5.32 Å². The number of allylic oxidation sites excluding steroid dienone is 1. The van der Waals surface area contributed by atoms with Crippen molar-refractivity contribution in [1.29, 1.82) is 5.26 Å². The Morgan fingerprint density at radius 3 is 2.55 bits per heavy atom. The number of alkyl halides is 3. The zero-order valence-corrected chi connectivity index (χ0v) is 12.3. The molecule has 1 amide bonds. The van der Waals surface area contributed by atoms with Crippen LogP contribution in [0, 0.1) is 11.3 Å². The third-order valence-electron chi connectivity index (χ3n) is 3.26. The summed E-state index contributed by atoms with van der Waals surface area (Å²) < 4.78 is 39.4. The van der Waals surface area contributed by atoms with Gasteiger partial charge >= 0.3 is 6.18 Å². The molecule has 1 heterocycles. The van der Waals surface area contributed by atoms with Gasteiger partial charge in [0, 0.05) is 11.8 Å². The van der Waals surface area contributed by atoms with Gasteiger partial charge in [0.1, 0.15) is 5.54 Å². The number of rotatable bonds is 3. The molecule has 0 aliphatic carbocycles. The van der Waals surface area contributed by atoms with E-state index >= 15 is 0 Å². The van der Waals surface area contributed by atoms with Gasteiger partial charge in [-0.2, -0.15) is 30.2 Å². The van der Waals surface area contributed by atoms with Gasteiger partial charge in [-0.15, -0.1) is 0 Å². The van der Waals surface area contributed by atoms with Crippen LogP contribution in [0.1, 0.15) is 12.0 Å². The molecule has 0 spiro atoms. The van der Waals surface area contributed by atoms with Crippen LogP contribution in [0.2, 0.25) is 0 Å². The second kappa shape index (κ2) is 6.44. The van der Waals surface area contributed by atoms with E-state index in [9.17, 15) is 18.0 Å². The molecule has 1 aliphatic heterocycles. The smallest absolute Gasteiger partial charge is 0.333 e. The number of carbonyl (C=O) groups excluding carboxylic acids is 1. The molecule has 1 saturated heterocycles. The molecule has 116 valence electrons. The van der Waals surface area contributed by atoms with Crippen molar-refractivity contribution in [2.75, 3.05) is 11.5 Å². The van der Waals surface area contributed by atoms with Crippen molar-refractivity contribution in [1.82, 2.24) is 5.32 Å². The number of thioether (sulfide) groups is 1. The number of hydrogen-bond acceptors (Lipinski definition) is 3. The summed E-state index contributed by atoms with van der Waals surface area (Å²) in [6.45, 7) is 0. The number of amides is 1. The molecule has 0 saturated carbocycles. The first kappa shape index (κ1) is 16.4. The summed E-state index contributed by atoms with van der Waals surface area (Å²) in [7, 11) is 0. The van der Waals surface area contributed by atoms with E-state index in [4.69, 9.17) is 5.26 Å². The third kappa shape index (κ3) is 3.83. The van der Waals surface area contributed by atoms with E-state index in [1.165, 1.54) is 36.0 Å². The van der Waals surface area contributed by atoms with Gasteiger partial charge in [0.2, 0.25) is 5.91 Å². The predicted molar refractivity (Wildman–Crippen MR) is 78.9 cm³/mol. The van der Waals surface area contributed by atoms with Crippen LogP contribution in [-0.2, 0) is 4.79 Å². The van der Waals surface area contributed by atoms with Crippen molar-refractivity contribution >= 4 is 23.2 Å². The highest BCUT2D eigenvalue weighted by Gasteiger charge is 2.38. The van der Waals surface area contributed by atoms with Crippen LogP contribution >= 0.6 is 11.8 Å². The van der Waals surface area contributed by atoms with E-state index in [-0.39, 0.29) is 5.56 Å². The fraction of sp³-hybridized carbons (Fsp3) is 0.333. The molecule has 3 nitrogen and oxygen atoms in total. The first-order valence-electron chi connectivity index (χ1n) is 6.52. The van der Waals surface area contributed by atoms with Crippen molar-refractivity contribution in [2.24, 2.45) is 0 Å². The number of hydrogen-bond donors (Lipinski definition) is 1. The average Bonchev–Trinajstić information content (AvgIpc) is 2.93. The van der Waals surface area contributed by atoms with E-state index in [0.717, 1.165) is 0 Å². The standard InChI is InChI=1S/C15H13F3N2OS/c16-15(17,18)12(11-4-2-1-3-5-11)8-13(21)20-14(9-19)6-7-22-10-14/h1-5,8H,6-7,10H2,(H,20,21)/b12-8-/t14-/m1/s1. The summed E-state index contributed by atoms with van der Waals surface area (Å²) in [6, 6.07) is 9.11. The van der Waals surface area contributed by atoms with Crippen LogP contribution in [-0.4, -0.2) is 29.1 Å². The average molecular weight is 326 g/mol. The third-order valence-corrected chi connectivity index (χ3v) is 4.45. The van der Waals surface area contributed by atoms with E-state index < -0.39 is 23.2 Å². The molecule has 1 N–H and O–H groups in total. The lowest BCUT2D eigenvalue weighted by Crippen LogP contribution is -2.47.